The Morgan fingerprint density at radius 1 is 1.16 bits per heavy atom. The summed E-state index contributed by atoms with van der Waals surface area (Å²) in [5.41, 5.74) is 8.29. The lowest BCUT2D eigenvalue weighted by atomic mass is 9.90. The third-order valence-electron chi connectivity index (χ3n) is 5.84. The fraction of sp³-hybridized carbons (Fsp3) is 0.333. The molecule has 0 spiro atoms. The van der Waals surface area contributed by atoms with Crippen molar-refractivity contribution in [2.24, 2.45) is 5.73 Å². The largest absolute Gasteiger partial charge is 0.366 e. The van der Waals surface area contributed by atoms with Crippen molar-refractivity contribution in [2.75, 3.05) is 13.1 Å². The van der Waals surface area contributed by atoms with Gasteiger partial charge < -0.3 is 10.6 Å². The summed E-state index contributed by atoms with van der Waals surface area (Å²) < 4.78 is 13.6. The van der Waals surface area contributed by atoms with Gasteiger partial charge in [-0.3, -0.25) is 19.6 Å². The molecule has 3 heterocycles. The molecule has 4 rings (SSSR count). The lowest BCUT2D eigenvalue weighted by Crippen LogP contribution is -2.39. The highest BCUT2D eigenvalue weighted by atomic mass is 19.1. The van der Waals surface area contributed by atoms with Gasteiger partial charge in [-0.1, -0.05) is 0 Å². The number of halogens is 1. The van der Waals surface area contributed by atoms with Crippen molar-refractivity contribution in [1.82, 2.24) is 14.9 Å². The van der Waals surface area contributed by atoms with Crippen LogP contribution in [0, 0.1) is 5.82 Å². The maximum absolute atomic E-state index is 13.6. The fourth-order valence-electron chi connectivity index (χ4n) is 4.25. The van der Waals surface area contributed by atoms with Crippen LogP contribution in [0.25, 0.3) is 10.9 Å². The Kier molecular flexibility index (Phi) is 6.21. The Labute approximate surface area is 180 Å². The van der Waals surface area contributed by atoms with Gasteiger partial charge in [0.25, 0.3) is 5.91 Å². The Morgan fingerprint density at radius 2 is 1.97 bits per heavy atom. The highest BCUT2D eigenvalue weighted by Crippen LogP contribution is 2.30. The van der Waals surface area contributed by atoms with Gasteiger partial charge in [-0.05, 0) is 67.6 Å². The molecule has 1 fully saturated rings. The van der Waals surface area contributed by atoms with Gasteiger partial charge in [0.15, 0.2) is 0 Å². The van der Waals surface area contributed by atoms with Crippen LogP contribution in [0.4, 0.5) is 4.39 Å². The smallest absolute Gasteiger partial charge is 0.250 e. The summed E-state index contributed by atoms with van der Waals surface area (Å²) in [7, 11) is 0. The SMILES string of the molecule is NC(=O)c1cc2cc(F)ccc2nc1[C@@H]1CCCN(C(=O)CCCc2ccncc2)C1. The van der Waals surface area contributed by atoms with Crippen molar-refractivity contribution >= 4 is 22.7 Å². The zero-order valence-electron chi connectivity index (χ0n) is 17.3. The fourth-order valence-corrected chi connectivity index (χ4v) is 4.25. The van der Waals surface area contributed by atoms with Crippen LogP contribution in [-0.2, 0) is 11.2 Å². The van der Waals surface area contributed by atoms with E-state index in [4.69, 9.17) is 5.73 Å². The summed E-state index contributed by atoms with van der Waals surface area (Å²) in [5.74, 6) is -0.940. The van der Waals surface area contributed by atoms with Crippen molar-refractivity contribution in [3.63, 3.8) is 0 Å². The number of nitrogens with two attached hydrogens (primary N) is 1. The molecular formula is C24H25FN4O2. The topological polar surface area (TPSA) is 89.2 Å². The molecule has 6 nitrogen and oxygen atoms in total. The molecule has 0 saturated carbocycles. The quantitative estimate of drug-likeness (QED) is 0.660. The standard InChI is InChI=1S/C24H25FN4O2/c25-19-6-7-21-18(13-19)14-20(24(26)31)23(28-21)17-4-2-12-29(15-17)22(30)5-1-3-16-8-10-27-11-9-16/h6-11,13-14,17H,1-5,12,15H2,(H2,26,31)/t17-/m1/s1. The molecule has 2 amide bonds. The molecule has 2 aromatic heterocycles. The van der Waals surface area contributed by atoms with Crippen LogP contribution in [0.2, 0.25) is 0 Å². The van der Waals surface area contributed by atoms with Gasteiger partial charge in [-0.15, -0.1) is 0 Å². The average molecular weight is 420 g/mol. The van der Waals surface area contributed by atoms with Crippen LogP contribution in [0.3, 0.4) is 0 Å². The second-order valence-electron chi connectivity index (χ2n) is 8.01. The number of aryl methyl sites for hydroxylation is 1. The molecular weight excluding hydrogens is 395 g/mol. The zero-order valence-corrected chi connectivity index (χ0v) is 17.3. The van der Waals surface area contributed by atoms with Gasteiger partial charge in [0.2, 0.25) is 5.91 Å². The minimum atomic E-state index is -0.588. The summed E-state index contributed by atoms with van der Waals surface area (Å²) >= 11 is 0. The van der Waals surface area contributed by atoms with E-state index in [2.05, 4.69) is 9.97 Å². The van der Waals surface area contributed by atoms with Gasteiger partial charge in [-0.25, -0.2) is 4.39 Å². The van der Waals surface area contributed by atoms with Crippen LogP contribution in [0.15, 0.2) is 48.8 Å². The van der Waals surface area contributed by atoms with Crippen LogP contribution in [-0.4, -0.2) is 39.8 Å². The van der Waals surface area contributed by atoms with Crippen LogP contribution < -0.4 is 5.73 Å². The lowest BCUT2D eigenvalue weighted by molar-refractivity contribution is -0.132. The second kappa shape index (κ2) is 9.20. The number of amides is 2. The molecule has 1 aliphatic rings. The van der Waals surface area contributed by atoms with Gasteiger partial charge in [-0.2, -0.15) is 0 Å². The highest BCUT2D eigenvalue weighted by Gasteiger charge is 2.28. The molecule has 7 heteroatoms. The summed E-state index contributed by atoms with van der Waals surface area (Å²) in [6.45, 7) is 1.21. The minimum absolute atomic E-state index is 0.0742. The van der Waals surface area contributed by atoms with E-state index >= 15 is 0 Å². The number of hydrogen-bond acceptors (Lipinski definition) is 4. The number of rotatable bonds is 6. The van der Waals surface area contributed by atoms with Gasteiger partial charge in [0.05, 0.1) is 16.8 Å². The number of benzene rings is 1. The Balaban J connectivity index is 1.48. The second-order valence-corrected chi connectivity index (χ2v) is 8.01. The predicted molar refractivity (Wildman–Crippen MR) is 116 cm³/mol. The van der Waals surface area contributed by atoms with E-state index in [1.807, 2.05) is 17.0 Å². The van der Waals surface area contributed by atoms with Crippen LogP contribution >= 0.6 is 0 Å². The van der Waals surface area contributed by atoms with E-state index < -0.39 is 11.7 Å². The summed E-state index contributed by atoms with van der Waals surface area (Å²) in [6.07, 6.45) is 7.25. The number of hydrogen-bond donors (Lipinski definition) is 1. The number of piperidine rings is 1. The first-order valence-corrected chi connectivity index (χ1v) is 10.6. The summed E-state index contributed by atoms with van der Waals surface area (Å²) in [6, 6.07) is 9.83. The van der Waals surface area contributed by atoms with Crippen molar-refractivity contribution in [2.45, 2.75) is 38.0 Å². The molecule has 160 valence electrons. The molecule has 0 radical (unpaired) electrons. The third-order valence-corrected chi connectivity index (χ3v) is 5.84. The van der Waals surface area contributed by atoms with Crippen molar-refractivity contribution in [1.29, 1.82) is 0 Å². The number of nitrogens with zero attached hydrogens (tertiary/aromatic N) is 3. The Hall–Kier alpha value is -3.35. The normalized spacial score (nSPS) is 16.4. The molecule has 0 aliphatic carbocycles. The maximum atomic E-state index is 13.6. The molecule has 2 N–H and O–H groups in total. The van der Waals surface area contributed by atoms with Crippen molar-refractivity contribution in [3.8, 4) is 0 Å². The van der Waals surface area contributed by atoms with E-state index in [0.29, 0.717) is 41.7 Å². The number of carbonyl (C=O) groups is 2. The number of fused-ring (bicyclic) bond motifs is 1. The number of pyridine rings is 2. The summed E-state index contributed by atoms with van der Waals surface area (Å²) in [4.78, 5) is 35.4. The summed E-state index contributed by atoms with van der Waals surface area (Å²) in [5, 5.41) is 0.539. The first kappa shape index (κ1) is 20.9. The zero-order chi connectivity index (χ0) is 21.8. The van der Waals surface area contributed by atoms with Gasteiger partial charge in [0, 0.05) is 43.2 Å². The Morgan fingerprint density at radius 3 is 2.74 bits per heavy atom. The van der Waals surface area contributed by atoms with E-state index in [0.717, 1.165) is 25.7 Å². The van der Waals surface area contributed by atoms with E-state index in [-0.39, 0.29) is 11.8 Å². The molecule has 0 unspecified atom stereocenters. The van der Waals surface area contributed by atoms with E-state index in [1.165, 1.54) is 17.7 Å². The van der Waals surface area contributed by atoms with E-state index in [9.17, 15) is 14.0 Å². The minimum Gasteiger partial charge on any atom is -0.366 e. The first-order valence-electron chi connectivity index (χ1n) is 10.6. The highest BCUT2D eigenvalue weighted by molar-refractivity contribution is 5.97. The van der Waals surface area contributed by atoms with Crippen molar-refractivity contribution in [3.05, 3.63) is 71.4 Å². The average Bonchev–Trinajstić information content (AvgIpc) is 2.79. The van der Waals surface area contributed by atoms with Crippen molar-refractivity contribution < 1.29 is 14.0 Å². The molecule has 1 aliphatic heterocycles. The number of primary amides is 1. The molecule has 3 aromatic rings. The lowest BCUT2D eigenvalue weighted by Gasteiger charge is -2.33. The van der Waals surface area contributed by atoms with Crippen LogP contribution in [0.1, 0.15) is 53.2 Å². The predicted octanol–water partition coefficient (Wildman–Crippen LogP) is 3.60. The molecule has 1 saturated heterocycles. The number of aromatic nitrogens is 2. The first-order chi connectivity index (χ1) is 15.0. The number of likely N-dealkylation sites (tertiary alicyclic amines) is 1. The van der Waals surface area contributed by atoms with Crippen LogP contribution in [0.5, 0.6) is 0 Å². The Bertz CT molecular complexity index is 1100. The monoisotopic (exact) mass is 420 g/mol. The number of carbonyl (C=O) groups excluding carboxylic acids is 2. The molecule has 1 aromatic carbocycles. The molecule has 31 heavy (non-hydrogen) atoms. The maximum Gasteiger partial charge on any atom is 0.250 e. The molecule has 1 atom stereocenters. The third kappa shape index (κ3) is 4.87. The molecule has 0 bridgehead atoms. The van der Waals surface area contributed by atoms with E-state index in [1.54, 1.807) is 24.5 Å². The van der Waals surface area contributed by atoms with Gasteiger partial charge in [0.1, 0.15) is 5.82 Å². The van der Waals surface area contributed by atoms with Gasteiger partial charge >= 0.3 is 0 Å².